The zero-order chi connectivity index (χ0) is 17.2. The predicted molar refractivity (Wildman–Crippen MR) is 96.7 cm³/mol. The smallest absolute Gasteiger partial charge is 0.335 e. The Balaban J connectivity index is 0.00000127. The molecular formula is C18H23N3O2. The van der Waals surface area contributed by atoms with Crippen LogP contribution < -0.4 is 10.3 Å². The molecule has 0 saturated carbocycles. The molecule has 0 amide bonds. The molecule has 0 aliphatic carbocycles. The lowest BCUT2D eigenvalue weighted by molar-refractivity contribution is 0.0697. The van der Waals surface area contributed by atoms with Crippen molar-refractivity contribution in [3.05, 3.63) is 59.7 Å². The highest BCUT2D eigenvalue weighted by molar-refractivity contribution is 5.89. The van der Waals surface area contributed by atoms with Gasteiger partial charge in [0.1, 0.15) is 0 Å². The van der Waals surface area contributed by atoms with Crippen molar-refractivity contribution < 1.29 is 9.90 Å². The number of nitrogens with one attached hydrogen (secondary N) is 1. The number of benzene rings is 2. The fourth-order valence-electron chi connectivity index (χ4n) is 1.76. The van der Waals surface area contributed by atoms with E-state index >= 15 is 0 Å². The highest BCUT2D eigenvalue weighted by atomic mass is 16.4. The van der Waals surface area contributed by atoms with E-state index in [2.05, 4.69) is 10.5 Å². The minimum atomic E-state index is -0.957. The number of anilines is 2. The third-order valence-corrected chi connectivity index (χ3v) is 2.93. The van der Waals surface area contributed by atoms with Crippen LogP contribution in [-0.4, -0.2) is 31.4 Å². The van der Waals surface area contributed by atoms with Gasteiger partial charge in [-0.05, 0) is 35.9 Å². The first-order valence-corrected chi connectivity index (χ1v) is 7.46. The summed E-state index contributed by atoms with van der Waals surface area (Å²) in [5, 5.41) is 13.0. The highest BCUT2D eigenvalue weighted by Gasteiger charge is 2.02. The van der Waals surface area contributed by atoms with Crippen LogP contribution in [0, 0.1) is 0 Å². The number of aromatic carboxylic acids is 1. The van der Waals surface area contributed by atoms with Crippen LogP contribution in [0.2, 0.25) is 0 Å². The first-order chi connectivity index (χ1) is 11.1. The van der Waals surface area contributed by atoms with E-state index in [0.717, 1.165) is 11.3 Å². The second kappa shape index (κ2) is 9.25. The van der Waals surface area contributed by atoms with Crippen molar-refractivity contribution in [1.82, 2.24) is 0 Å². The van der Waals surface area contributed by atoms with Crippen LogP contribution in [0.25, 0.3) is 0 Å². The van der Waals surface area contributed by atoms with Gasteiger partial charge < -0.3 is 10.0 Å². The number of carboxylic acid groups (broad SMARTS) is 1. The zero-order valence-corrected chi connectivity index (χ0v) is 13.9. The van der Waals surface area contributed by atoms with E-state index in [0.29, 0.717) is 5.69 Å². The van der Waals surface area contributed by atoms with E-state index < -0.39 is 5.97 Å². The summed E-state index contributed by atoms with van der Waals surface area (Å²) in [6, 6.07) is 14.5. The molecule has 0 atom stereocenters. The average molecular weight is 313 g/mol. The summed E-state index contributed by atoms with van der Waals surface area (Å²) in [6.07, 6.45) is 1.69. The largest absolute Gasteiger partial charge is 0.478 e. The minimum absolute atomic E-state index is 0.227. The van der Waals surface area contributed by atoms with Crippen LogP contribution in [0.15, 0.2) is 53.6 Å². The van der Waals surface area contributed by atoms with Crippen molar-refractivity contribution in [2.45, 2.75) is 13.8 Å². The topological polar surface area (TPSA) is 64.9 Å². The Bertz CT molecular complexity index is 650. The van der Waals surface area contributed by atoms with Gasteiger partial charge in [0.15, 0.2) is 0 Å². The van der Waals surface area contributed by atoms with Gasteiger partial charge in [-0.15, -0.1) is 0 Å². The Morgan fingerprint density at radius 2 is 1.78 bits per heavy atom. The van der Waals surface area contributed by atoms with Crippen molar-refractivity contribution >= 4 is 23.6 Å². The molecule has 0 aromatic heterocycles. The molecule has 0 radical (unpaired) electrons. The lowest BCUT2D eigenvalue weighted by atomic mass is 10.2. The van der Waals surface area contributed by atoms with Gasteiger partial charge in [0, 0.05) is 19.8 Å². The standard InChI is InChI=1S/C16H17N3O2.C2H6/c1-19(2)15-8-6-12(7-9-15)11-17-18-14-5-3-4-13(10-14)16(20)21;1-2/h3-11,18H,1-2H3,(H,20,21);1-2H3/b17-11+;. The molecule has 2 aromatic rings. The molecule has 0 saturated heterocycles. The van der Waals surface area contributed by atoms with Gasteiger partial charge in [-0.3, -0.25) is 5.43 Å². The van der Waals surface area contributed by atoms with E-state index in [1.807, 2.05) is 57.1 Å². The van der Waals surface area contributed by atoms with Crippen LogP contribution in [0.1, 0.15) is 29.8 Å². The number of hydrazone groups is 1. The lowest BCUT2D eigenvalue weighted by Crippen LogP contribution is -2.08. The molecule has 2 aromatic carbocycles. The Kier molecular flexibility index (Phi) is 7.33. The zero-order valence-electron chi connectivity index (χ0n) is 13.9. The maximum absolute atomic E-state index is 10.9. The number of rotatable bonds is 5. The molecule has 5 heteroatoms. The van der Waals surface area contributed by atoms with Gasteiger partial charge in [-0.2, -0.15) is 5.10 Å². The molecule has 122 valence electrons. The number of nitrogens with zero attached hydrogens (tertiary/aromatic N) is 2. The lowest BCUT2D eigenvalue weighted by Gasteiger charge is -2.11. The van der Waals surface area contributed by atoms with Gasteiger partial charge in [0.05, 0.1) is 17.5 Å². The molecule has 0 bridgehead atoms. The first-order valence-electron chi connectivity index (χ1n) is 7.46. The van der Waals surface area contributed by atoms with E-state index in [1.165, 1.54) is 12.1 Å². The Morgan fingerprint density at radius 1 is 1.13 bits per heavy atom. The fourth-order valence-corrected chi connectivity index (χ4v) is 1.76. The summed E-state index contributed by atoms with van der Waals surface area (Å²) in [5.41, 5.74) is 5.76. The Morgan fingerprint density at radius 3 is 2.35 bits per heavy atom. The molecule has 0 aliphatic heterocycles. The number of carboxylic acids is 1. The molecule has 2 rings (SSSR count). The van der Waals surface area contributed by atoms with E-state index in [9.17, 15) is 4.79 Å². The van der Waals surface area contributed by atoms with Crippen molar-refractivity contribution in [2.24, 2.45) is 5.10 Å². The number of hydrogen-bond acceptors (Lipinski definition) is 4. The van der Waals surface area contributed by atoms with Gasteiger partial charge >= 0.3 is 5.97 Å². The van der Waals surface area contributed by atoms with Crippen molar-refractivity contribution in [3.8, 4) is 0 Å². The van der Waals surface area contributed by atoms with E-state index in [-0.39, 0.29) is 5.56 Å². The van der Waals surface area contributed by atoms with E-state index in [1.54, 1.807) is 18.3 Å². The fraction of sp³-hybridized carbons (Fsp3) is 0.222. The molecule has 0 aliphatic rings. The second-order valence-corrected chi connectivity index (χ2v) is 4.74. The number of carbonyl (C=O) groups is 1. The monoisotopic (exact) mass is 313 g/mol. The summed E-state index contributed by atoms with van der Waals surface area (Å²) in [5.74, 6) is -0.957. The maximum atomic E-state index is 10.9. The van der Waals surface area contributed by atoms with Crippen LogP contribution in [0.3, 0.4) is 0 Å². The van der Waals surface area contributed by atoms with Crippen molar-refractivity contribution in [2.75, 3.05) is 24.4 Å². The van der Waals surface area contributed by atoms with Gasteiger partial charge in [-0.1, -0.05) is 32.0 Å². The molecule has 0 heterocycles. The molecule has 5 nitrogen and oxygen atoms in total. The van der Waals surface area contributed by atoms with Gasteiger partial charge in [-0.25, -0.2) is 4.79 Å². The minimum Gasteiger partial charge on any atom is -0.478 e. The molecule has 0 fully saturated rings. The third-order valence-electron chi connectivity index (χ3n) is 2.93. The number of hydrogen-bond donors (Lipinski definition) is 2. The summed E-state index contributed by atoms with van der Waals surface area (Å²) >= 11 is 0. The summed E-state index contributed by atoms with van der Waals surface area (Å²) in [7, 11) is 3.97. The molecule has 23 heavy (non-hydrogen) atoms. The van der Waals surface area contributed by atoms with Crippen LogP contribution >= 0.6 is 0 Å². The van der Waals surface area contributed by atoms with Crippen LogP contribution in [-0.2, 0) is 0 Å². The predicted octanol–water partition coefficient (Wildman–Crippen LogP) is 3.92. The van der Waals surface area contributed by atoms with Crippen LogP contribution in [0.4, 0.5) is 11.4 Å². The second-order valence-electron chi connectivity index (χ2n) is 4.74. The molecular weight excluding hydrogens is 290 g/mol. The third kappa shape index (κ3) is 5.82. The van der Waals surface area contributed by atoms with Gasteiger partial charge in [0.2, 0.25) is 0 Å². The Labute approximate surface area is 137 Å². The first kappa shape index (κ1) is 18.2. The Hall–Kier alpha value is -2.82. The van der Waals surface area contributed by atoms with Crippen molar-refractivity contribution in [3.63, 3.8) is 0 Å². The molecule has 0 spiro atoms. The summed E-state index contributed by atoms with van der Waals surface area (Å²) in [4.78, 5) is 12.9. The van der Waals surface area contributed by atoms with Crippen LogP contribution in [0.5, 0.6) is 0 Å². The maximum Gasteiger partial charge on any atom is 0.335 e. The van der Waals surface area contributed by atoms with Crippen molar-refractivity contribution in [1.29, 1.82) is 0 Å². The van der Waals surface area contributed by atoms with Gasteiger partial charge in [0.25, 0.3) is 0 Å². The quantitative estimate of drug-likeness (QED) is 0.648. The SMILES string of the molecule is CC.CN(C)c1ccc(/C=N/Nc2cccc(C(=O)O)c2)cc1. The highest BCUT2D eigenvalue weighted by Crippen LogP contribution is 2.12. The normalized spacial score (nSPS) is 9.91. The molecule has 2 N–H and O–H groups in total. The average Bonchev–Trinajstić information content (AvgIpc) is 2.57. The molecule has 0 unspecified atom stereocenters. The summed E-state index contributed by atoms with van der Waals surface area (Å²) in [6.45, 7) is 4.00. The van der Waals surface area contributed by atoms with E-state index in [4.69, 9.17) is 5.11 Å². The summed E-state index contributed by atoms with van der Waals surface area (Å²) < 4.78 is 0.